The molecule has 0 fully saturated rings. The molecule has 4 heteroatoms. The molecule has 1 aromatic rings. The van der Waals surface area contributed by atoms with E-state index < -0.39 is 5.82 Å². The van der Waals surface area contributed by atoms with Gasteiger partial charge < -0.3 is 11.1 Å². The first-order valence-electron chi connectivity index (χ1n) is 3.88. The molecule has 3 nitrogen and oxygen atoms in total. The van der Waals surface area contributed by atoms with Crippen LogP contribution in [-0.2, 0) is 11.3 Å². The highest BCUT2D eigenvalue weighted by Crippen LogP contribution is 2.11. The van der Waals surface area contributed by atoms with Gasteiger partial charge in [-0.25, -0.2) is 4.39 Å². The van der Waals surface area contributed by atoms with Crippen LogP contribution >= 0.6 is 0 Å². The van der Waals surface area contributed by atoms with E-state index in [1.54, 1.807) is 6.07 Å². The molecule has 1 aromatic carbocycles. The molecule has 1 amide bonds. The molecule has 0 atom stereocenters. The van der Waals surface area contributed by atoms with Crippen molar-refractivity contribution in [3.8, 4) is 0 Å². The van der Waals surface area contributed by atoms with Crippen LogP contribution in [0.3, 0.4) is 0 Å². The van der Waals surface area contributed by atoms with Crippen LogP contribution in [0, 0.1) is 5.82 Å². The van der Waals surface area contributed by atoms with Crippen molar-refractivity contribution in [3.63, 3.8) is 0 Å². The van der Waals surface area contributed by atoms with Crippen LogP contribution in [-0.4, -0.2) is 5.91 Å². The fraction of sp³-hybridized carbons (Fsp3) is 0.222. The summed E-state index contributed by atoms with van der Waals surface area (Å²) in [4.78, 5) is 10.5. The lowest BCUT2D eigenvalue weighted by Crippen LogP contribution is -2.18. The third-order valence-corrected chi connectivity index (χ3v) is 1.61. The highest BCUT2D eigenvalue weighted by Gasteiger charge is 1.99. The van der Waals surface area contributed by atoms with Crippen molar-refractivity contribution in [3.05, 3.63) is 29.6 Å². The maximum atomic E-state index is 12.9. The first-order chi connectivity index (χ1) is 6.09. The Bertz CT molecular complexity index is 325. The zero-order valence-electron chi connectivity index (χ0n) is 7.30. The first-order valence-corrected chi connectivity index (χ1v) is 3.88. The molecular formula is C9H11FN2O. The summed E-state index contributed by atoms with van der Waals surface area (Å²) in [6.07, 6.45) is 0. The number of carbonyl (C=O) groups excluding carboxylic acids is 1. The number of rotatable bonds is 2. The van der Waals surface area contributed by atoms with Crippen LogP contribution in [0.1, 0.15) is 12.5 Å². The van der Waals surface area contributed by atoms with Crippen molar-refractivity contribution >= 4 is 11.6 Å². The molecule has 0 saturated heterocycles. The second-order valence-corrected chi connectivity index (χ2v) is 2.77. The summed E-state index contributed by atoms with van der Waals surface area (Å²) in [5.74, 6) is -0.597. The Kier molecular flexibility index (Phi) is 2.84. The number of nitrogen functional groups attached to an aromatic ring is 1. The van der Waals surface area contributed by atoms with Gasteiger partial charge >= 0.3 is 0 Å². The number of benzene rings is 1. The number of hydrogen-bond donors (Lipinski definition) is 2. The van der Waals surface area contributed by atoms with Gasteiger partial charge in [0, 0.05) is 13.5 Å². The molecule has 0 spiro atoms. The monoisotopic (exact) mass is 182 g/mol. The van der Waals surface area contributed by atoms with E-state index in [0.29, 0.717) is 12.1 Å². The van der Waals surface area contributed by atoms with Crippen LogP contribution in [0.15, 0.2) is 18.2 Å². The lowest BCUT2D eigenvalue weighted by molar-refractivity contribution is -0.119. The molecule has 0 heterocycles. The Balaban J connectivity index is 2.68. The molecule has 0 radical (unpaired) electrons. The smallest absolute Gasteiger partial charge is 0.217 e. The van der Waals surface area contributed by atoms with E-state index in [0.717, 1.165) is 0 Å². The summed E-state index contributed by atoms with van der Waals surface area (Å²) < 4.78 is 12.9. The maximum absolute atomic E-state index is 12.9. The normalized spacial score (nSPS) is 9.69. The van der Waals surface area contributed by atoms with Gasteiger partial charge in [-0.1, -0.05) is 6.07 Å². The van der Waals surface area contributed by atoms with Gasteiger partial charge in [-0.05, 0) is 17.7 Å². The number of hydrogen-bond acceptors (Lipinski definition) is 2. The predicted octanol–water partition coefficient (Wildman–Crippen LogP) is 1.04. The second-order valence-electron chi connectivity index (χ2n) is 2.77. The Morgan fingerprint density at radius 3 is 2.85 bits per heavy atom. The highest BCUT2D eigenvalue weighted by atomic mass is 19.1. The van der Waals surface area contributed by atoms with Crippen molar-refractivity contribution in [2.45, 2.75) is 13.5 Å². The van der Waals surface area contributed by atoms with Crippen molar-refractivity contribution in [2.24, 2.45) is 0 Å². The van der Waals surface area contributed by atoms with Crippen LogP contribution in [0.25, 0.3) is 0 Å². The Labute approximate surface area is 75.7 Å². The van der Waals surface area contributed by atoms with Crippen molar-refractivity contribution in [1.82, 2.24) is 5.32 Å². The molecule has 0 bridgehead atoms. The van der Waals surface area contributed by atoms with Crippen LogP contribution in [0.5, 0.6) is 0 Å². The van der Waals surface area contributed by atoms with E-state index in [1.165, 1.54) is 19.1 Å². The van der Waals surface area contributed by atoms with Crippen molar-refractivity contribution < 1.29 is 9.18 Å². The van der Waals surface area contributed by atoms with Gasteiger partial charge in [0.2, 0.25) is 5.91 Å². The Hall–Kier alpha value is -1.58. The van der Waals surface area contributed by atoms with Gasteiger partial charge in [0.05, 0.1) is 5.69 Å². The molecule has 0 aliphatic rings. The predicted molar refractivity (Wildman–Crippen MR) is 48.3 cm³/mol. The number of carbonyl (C=O) groups is 1. The largest absolute Gasteiger partial charge is 0.396 e. The summed E-state index contributed by atoms with van der Waals surface area (Å²) in [5.41, 5.74) is 6.10. The standard InChI is InChI=1S/C9H11FN2O/c1-6(13)12-5-7-2-3-9(11)8(10)4-7/h2-4H,5,11H2,1H3,(H,12,13). The lowest BCUT2D eigenvalue weighted by Gasteiger charge is -2.03. The van der Waals surface area contributed by atoms with Crippen molar-refractivity contribution in [1.29, 1.82) is 0 Å². The van der Waals surface area contributed by atoms with Crippen LogP contribution < -0.4 is 11.1 Å². The third kappa shape index (κ3) is 2.74. The minimum absolute atomic E-state index is 0.117. The minimum Gasteiger partial charge on any atom is -0.396 e. The number of nitrogens with two attached hydrogens (primary N) is 1. The minimum atomic E-state index is -0.456. The molecule has 3 N–H and O–H groups in total. The summed E-state index contributed by atoms with van der Waals surface area (Å²) >= 11 is 0. The molecule has 0 aliphatic carbocycles. The van der Waals surface area contributed by atoms with Crippen LogP contribution in [0.4, 0.5) is 10.1 Å². The molecule has 13 heavy (non-hydrogen) atoms. The second kappa shape index (κ2) is 3.89. The summed E-state index contributed by atoms with van der Waals surface area (Å²) in [6.45, 7) is 1.74. The topological polar surface area (TPSA) is 55.1 Å². The molecule has 70 valence electrons. The van der Waals surface area contributed by atoms with Gasteiger partial charge in [0.15, 0.2) is 0 Å². The van der Waals surface area contributed by atoms with E-state index in [1.807, 2.05) is 0 Å². The average molecular weight is 182 g/mol. The lowest BCUT2D eigenvalue weighted by atomic mass is 10.2. The highest BCUT2D eigenvalue weighted by molar-refractivity contribution is 5.72. The molecular weight excluding hydrogens is 171 g/mol. The van der Waals surface area contributed by atoms with E-state index in [-0.39, 0.29) is 11.6 Å². The Morgan fingerprint density at radius 2 is 2.31 bits per heavy atom. The first kappa shape index (κ1) is 9.51. The van der Waals surface area contributed by atoms with Gasteiger partial charge in [0.25, 0.3) is 0 Å². The average Bonchev–Trinajstić information content (AvgIpc) is 2.07. The number of halogens is 1. The van der Waals surface area contributed by atoms with E-state index in [4.69, 9.17) is 5.73 Å². The summed E-state index contributed by atoms with van der Waals surface area (Å²) in [5, 5.41) is 2.56. The van der Waals surface area contributed by atoms with E-state index in [9.17, 15) is 9.18 Å². The summed E-state index contributed by atoms with van der Waals surface area (Å²) in [7, 11) is 0. The Morgan fingerprint density at radius 1 is 1.62 bits per heavy atom. The maximum Gasteiger partial charge on any atom is 0.217 e. The summed E-state index contributed by atoms with van der Waals surface area (Å²) in [6, 6.07) is 4.46. The molecule has 0 saturated carbocycles. The van der Waals surface area contributed by atoms with E-state index in [2.05, 4.69) is 5.32 Å². The van der Waals surface area contributed by atoms with Gasteiger partial charge in [-0.2, -0.15) is 0 Å². The van der Waals surface area contributed by atoms with Gasteiger partial charge in [-0.3, -0.25) is 4.79 Å². The number of amides is 1. The zero-order chi connectivity index (χ0) is 9.84. The molecule has 0 aromatic heterocycles. The van der Waals surface area contributed by atoms with E-state index >= 15 is 0 Å². The SMILES string of the molecule is CC(=O)NCc1ccc(N)c(F)c1. The number of nitrogens with one attached hydrogen (secondary N) is 1. The molecule has 1 rings (SSSR count). The fourth-order valence-electron chi connectivity index (χ4n) is 0.907. The fourth-order valence-corrected chi connectivity index (χ4v) is 0.907. The van der Waals surface area contributed by atoms with Gasteiger partial charge in [0.1, 0.15) is 5.82 Å². The van der Waals surface area contributed by atoms with Crippen molar-refractivity contribution in [2.75, 3.05) is 5.73 Å². The van der Waals surface area contributed by atoms with Crippen LogP contribution in [0.2, 0.25) is 0 Å². The quantitative estimate of drug-likeness (QED) is 0.671. The number of anilines is 1. The third-order valence-electron chi connectivity index (χ3n) is 1.61. The zero-order valence-corrected chi connectivity index (χ0v) is 7.30. The molecule has 0 aliphatic heterocycles. The van der Waals surface area contributed by atoms with Gasteiger partial charge in [-0.15, -0.1) is 0 Å². The molecule has 0 unspecified atom stereocenters.